The summed E-state index contributed by atoms with van der Waals surface area (Å²) < 4.78 is 12.1. The van der Waals surface area contributed by atoms with Gasteiger partial charge in [0.2, 0.25) is 0 Å². The van der Waals surface area contributed by atoms with Crippen molar-refractivity contribution in [3.05, 3.63) is 46.2 Å². The fourth-order valence-corrected chi connectivity index (χ4v) is 3.79. The summed E-state index contributed by atoms with van der Waals surface area (Å²) in [6.07, 6.45) is 1.04. The van der Waals surface area contributed by atoms with Crippen molar-refractivity contribution in [3.8, 4) is 0 Å². The van der Waals surface area contributed by atoms with Crippen LogP contribution >= 0.6 is 11.3 Å². The number of anilines is 1. The third kappa shape index (κ3) is 3.17. The summed E-state index contributed by atoms with van der Waals surface area (Å²) in [5.74, 6) is 0.592. The molecule has 0 bridgehead atoms. The van der Waals surface area contributed by atoms with E-state index in [0.29, 0.717) is 11.4 Å². The molecule has 1 aromatic carbocycles. The van der Waals surface area contributed by atoms with Crippen LogP contribution in [-0.4, -0.2) is 4.21 Å². The first-order valence-electron chi connectivity index (χ1n) is 5.50. The minimum absolute atomic E-state index is 0.592. The highest BCUT2D eigenvalue weighted by Crippen LogP contribution is 2.21. The molecule has 0 saturated heterocycles. The second kappa shape index (κ2) is 5.47. The van der Waals surface area contributed by atoms with Crippen LogP contribution in [0.3, 0.4) is 0 Å². The van der Waals surface area contributed by atoms with Crippen LogP contribution in [0.15, 0.2) is 41.3 Å². The molecule has 90 valence electrons. The summed E-state index contributed by atoms with van der Waals surface area (Å²) in [7, 11) is -0.976. The number of benzene rings is 1. The standard InChI is InChI=1S/C13H15NOS2/c1-2-11-5-6-12(16-11)9-17(15)13-7-3-10(14)4-8-13/h3-8H,2,9,14H2,1H3. The zero-order valence-corrected chi connectivity index (χ0v) is 11.3. The minimum atomic E-state index is -0.976. The molecule has 0 spiro atoms. The molecule has 2 aromatic rings. The van der Waals surface area contributed by atoms with E-state index in [9.17, 15) is 4.21 Å². The molecule has 0 fully saturated rings. The first-order valence-corrected chi connectivity index (χ1v) is 7.64. The van der Waals surface area contributed by atoms with Gasteiger partial charge in [0.1, 0.15) is 0 Å². The second-order valence-corrected chi connectivity index (χ2v) is 6.48. The molecule has 1 aromatic heterocycles. The van der Waals surface area contributed by atoms with E-state index in [4.69, 9.17) is 5.73 Å². The zero-order valence-electron chi connectivity index (χ0n) is 9.68. The number of hydrogen-bond donors (Lipinski definition) is 1. The van der Waals surface area contributed by atoms with Gasteiger partial charge in [-0.3, -0.25) is 4.21 Å². The van der Waals surface area contributed by atoms with Gasteiger partial charge >= 0.3 is 0 Å². The maximum Gasteiger partial charge on any atom is 0.0626 e. The highest BCUT2D eigenvalue weighted by Gasteiger charge is 2.07. The summed E-state index contributed by atoms with van der Waals surface area (Å²) in [5.41, 5.74) is 6.31. The topological polar surface area (TPSA) is 43.1 Å². The van der Waals surface area contributed by atoms with Crippen molar-refractivity contribution in [2.24, 2.45) is 0 Å². The van der Waals surface area contributed by atoms with Gasteiger partial charge in [0.15, 0.2) is 0 Å². The fourth-order valence-electron chi connectivity index (χ4n) is 1.52. The van der Waals surface area contributed by atoms with Crippen molar-refractivity contribution in [2.75, 3.05) is 5.73 Å². The predicted octanol–water partition coefficient (Wildman–Crippen LogP) is 3.20. The van der Waals surface area contributed by atoms with Gasteiger partial charge in [0, 0.05) is 20.3 Å². The number of rotatable bonds is 4. The van der Waals surface area contributed by atoms with Gasteiger partial charge in [0.05, 0.1) is 16.6 Å². The molecule has 0 radical (unpaired) electrons. The number of hydrogen-bond acceptors (Lipinski definition) is 3. The van der Waals surface area contributed by atoms with E-state index in [1.807, 2.05) is 12.1 Å². The third-order valence-corrected chi connectivity index (χ3v) is 5.27. The molecule has 0 aliphatic carbocycles. The SMILES string of the molecule is CCc1ccc(CS(=O)c2ccc(N)cc2)s1. The molecule has 0 aliphatic heterocycles. The Morgan fingerprint density at radius 2 is 1.76 bits per heavy atom. The van der Waals surface area contributed by atoms with Crippen molar-refractivity contribution < 1.29 is 4.21 Å². The highest BCUT2D eigenvalue weighted by atomic mass is 32.2. The molecule has 0 aliphatic rings. The van der Waals surface area contributed by atoms with Gasteiger partial charge in [-0.2, -0.15) is 0 Å². The number of nitrogen functional groups attached to an aromatic ring is 1. The normalized spacial score (nSPS) is 12.5. The molecule has 1 unspecified atom stereocenters. The van der Waals surface area contributed by atoms with Crippen molar-refractivity contribution in [3.63, 3.8) is 0 Å². The lowest BCUT2D eigenvalue weighted by Crippen LogP contribution is -1.95. The molecule has 2 N–H and O–H groups in total. The van der Waals surface area contributed by atoms with E-state index in [2.05, 4.69) is 19.1 Å². The Labute approximate surface area is 108 Å². The van der Waals surface area contributed by atoms with Crippen LogP contribution in [0.4, 0.5) is 5.69 Å². The van der Waals surface area contributed by atoms with Crippen molar-refractivity contribution in [1.82, 2.24) is 0 Å². The Balaban J connectivity index is 2.08. The number of aryl methyl sites for hydroxylation is 1. The predicted molar refractivity (Wildman–Crippen MR) is 74.7 cm³/mol. The molecule has 2 rings (SSSR count). The largest absolute Gasteiger partial charge is 0.399 e. The van der Waals surface area contributed by atoms with Crippen molar-refractivity contribution in [1.29, 1.82) is 0 Å². The second-order valence-electron chi connectivity index (χ2n) is 3.78. The molecule has 0 saturated carbocycles. The Kier molecular flexibility index (Phi) is 3.97. The lowest BCUT2D eigenvalue weighted by atomic mass is 10.3. The van der Waals surface area contributed by atoms with Crippen LogP contribution in [-0.2, 0) is 23.0 Å². The molecule has 17 heavy (non-hydrogen) atoms. The first-order chi connectivity index (χ1) is 8.19. The maximum atomic E-state index is 12.1. The zero-order chi connectivity index (χ0) is 12.3. The van der Waals surface area contributed by atoms with E-state index in [-0.39, 0.29) is 0 Å². The van der Waals surface area contributed by atoms with Crippen LogP contribution < -0.4 is 5.73 Å². The Morgan fingerprint density at radius 1 is 1.12 bits per heavy atom. The lowest BCUT2D eigenvalue weighted by Gasteiger charge is -2.01. The van der Waals surface area contributed by atoms with Crippen molar-refractivity contribution in [2.45, 2.75) is 24.0 Å². The lowest BCUT2D eigenvalue weighted by molar-refractivity contribution is 0.683. The van der Waals surface area contributed by atoms with E-state index in [1.54, 1.807) is 23.5 Å². The first kappa shape index (κ1) is 12.3. The summed E-state index contributed by atoms with van der Waals surface area (Å²) in [6.45, 7) is 2.13. The summed E-state index contributed by atoms with van der Waals surface area (Å²) in [4.78, 5) is 3.36. The Morgan fingerprint density at radius 3 is 2.35 bits per heavy atom. The van der Waals surface area contributed by atoms with Crippen molar-refractivity contribution >= 4 is 27.8 Å². The van der Waals surface area contributed by atoms with Gasteiger partial charge in [-0.25, -0.2) is 0 Å². The maximum absolute atomic E-state index is 12.1. The summed E-state index contributed by atoms with van der Waals surface area (Å²) >= 11 is 1.74. The average molecular weight is 265 g/mol. The summed E-state index contributed by atoms with van der Waals surface area (Å²) in [6, 6.07) is 11.4. The smallest absolute Gasteiger partial charge is 0.0626 e. The van der Waals surface area contributed by atoms with Crippen LogP contribution in [0, 0.1) is 0 Å². The van der Waals surface area contributed by atoms with E-state index < -0.39 is 10.8 Å². The van der Waals surface area contributed by atoms with Gasteiger partial charge in [0.25, 0.3) is 0 Å². The monoisotopic (exact) mass is 265 g/mol. The average Bonchev–Trinajstić information content (AvgIpc) is 2.77. The molecule has 4 heteroatoms. The number of thiophene rings is 1. The van der Waals surface area contributed by atoms with E-state index in [1.165, 1.54) is 9.75 Å². The van der Waals surface area contributed by atoms with Gasteiger partial charge < -0.3 is 5.73 Å². The third-order valence-electron chi connectivity index (χ3n) is 2.48. The van der Waals surface area contributed by atoms with Crippen LogP contribution in [0.5, 0.6) is 0 Å². The summed E-state index contributed by atoms with van der Waals surface area (Å²) in [5, 5.41) is 0. The molecular formula is C13H15NOS2. The van der Waals surface area contributed by atoms with E-state index >= 15 is 0 Å². The quantitative estimate of drug-likeness (QED) is 0.863. The van der Waals surface area contributed by atoms with Gasteiger partial charge in [-0.05, 0) is 42.8 Å². The number of nitrogens with two attached hydrogens (primary N) is 1. The van der Waals surface area contributed by atoms with Gasteiger partial charge in [-0.1, -0.05) is 6.92 Å². The Hall–Kier alpha value is -1.13. The van der Waals surface area contributed by atoms with Crippen LogP contribution in [0.2, 0.25) is 0 Å². The molecule has 1 heterocycles. The molecule has 2 nitrogen and oxygen atoms in total. The Bertz CT molecular complexity index is 516. The molecule has 1 atom stereocenters. The molecule has 0 amide bonds. The van der Waals surface area contributed by atoms with E-state index in [0.717, 1.165) is 11.3 Å². The molecular weight excluding hydrogens is 250 g/mol. The highest BCUT2D eigenvalue weighted by molar-refractivity contribution is 7.84. The van der Waals surface area contributed by atoms with Crippen LogP contribution in [0.1, 0.15) is 16.7 Å². The van der Waals surface area contributed by atoms with Gasteiger partial charge in [-0.15, -0.1) is 11.3 Å². The van der Waals surface area contributed by atoms with Crippen LogP contribution in [0.25, 0.3) is 0 Å². The minimum Gasteiger partial charge on any atom is -0.399 e. The fraction of sp³-hybridized carbons (Fsp3) is 0.231.